The number of fused-ring (bicyclic) bond motifs is 1. The molecule has 3 aromatic rings. The van der Waals surface area contributed by atoms with Crippen LogP contribution in [0.3, 0.4) is 0 Å². The van der Waals surface area contributed by atoms with Crippen LogP contribution in [0.2, 0.25) is 0 Å². The smallest absolute Gasteiger partial charge is 0.249 e. The minimum Gasteiger partial charge on any atom is -0.370 e. The number of likely N-dealkylation sites (N-methyl/N-ethyl adjacent to an activating group) is 2. The second-order valence-electron chi connectivity index (χ2n) is 10.3. The summed E-state index contributed by atoms with van der Waals surface area (Å²) in [5.74, 6) is -1.43. The summed E-state index contributed by atoms with van der Waals surface area (Å²) in [6.07, 6.45) is 0.354. The van der Waals surface area contributed by atoms with Gasteiger partial charge in [0.15, 0.2) is 0 Å². The maximum absolute atomic E-state index is 13.8. The van der Waals surface area contributed by atoms with Gasteiger partial charge in [-0.3, -0.25) is 14.4 Å². The first-order chi connectivity index (χ1) is 18.0. The molecule has 3 rings (SSSR count). The van der Waals surface area contributed by atoms with Crippen molar-refractivity contribution in [3.05, 3.63) is 70.4 Å². The van der Waals surface area contributed by atoms with Crippen LogP contribution in [-0.4, -0.2) is 67.6 Å². The van der Waals surface area contributed by atoms with Crippen LogP contribution >= 0.6 is 11.3 Å². The highest BCUT2D eigenvalue weighted by atomic mass is 32.1. The molecular weight excluding hydrogens is 500 g/mol. The molecule has 4 N–H and O–H groups in total. The zero-order valence-electron chi connectivity index (χ0n) is 22.7. The fourth-order valence-electron chi connectivity index (χ4n) is 4.34. The molecular formula is C29H38N4O4S. The molecule has 0 bridgehead atoms. The van der Waals surface area contributed by atoms with E-state index < -0.39 is 23.5 Å². The summed E-state index contributed by atoms with van der Waals surface area (Å²) in [5.41, 5.74) is 6.29. The number of benzene rings is 2. The summed E-state index contributed by atoms with van der Waals surface area (Å²) in [6.45, 7) is 5.52. The maximum atomic E-state index is 13.8. The van der Waals surface area contributed by atoms with Gasteiger partial charge in [0, 0.05) is 36.9 Å². The Morgan fingerprint density at radius 2 is 1.76 bits per heavy atom. The second-order valence-corrected chi connectivity index (χ2v) is 11.3. The van der Waals surface area contributed by atoms with Gasteiger partial charge in [0.2, 0.25) is 17.7 Å². The van der Waals surface area contributed by atoms with Gasteiger partial charge in [-0.05, 0) is 41.6 Å². The third-order valence-electron chi connectivity index (χ3n) is 6.42. The molecule has 0 saturated carbocycles. The normalized spacial score (nSPS) is 13.9. The van der Waals surface area contributed by atoms with Crippen LogP contribution in [0.15, 0.2) is 60.0 Å². The maximum Gasteiger partial charge on any atom is 0.249 e. The van der Waals surface area contributed by atoms with Crippen LogP contribution in [0.4, 0.5) is 0 Å². The molecule has 0 aliphatic carbocycles. The largest absolute Gasteiger partial charge is 0.370 e. The Morgan fingerprint density at radius 1 is 1.05 bits per heavy atom. The number of hydrogen-bond donors (Lipinski definition) is 3. The lowest BCUT2D eigenvalue weighted by atomic mass is 9.89. The number of nitrogens with two attached hydrogens (primary N) is 1. The van der Waals surface area contributed by atoms with Crippen molar-refractivity contribution >= 4 is 39.8 Å². The van der Waals surface area contributed by atoms with E-state index in [1.807, 2.05) is 80.7 Å². The topological polar surface area (TPSA) is 114 Å². The van der Waals surface area contributed by atoms with Crippen molar-refractivity contribution in [1.29, 1.82) is 0 Å². The number of hydrogen-bond acceptors (Lipinski definition) is 6. The summed E-state index contributed by atoms with van der Waals surface area (Å²) in [6, 6.07) is 16.2. The van der Waals surface area contributed by atoms with Gasteiger partial charge in [0.05, 0.1) is 6.61 Å². The first-order valence-corrected chi connectivity index (χ1v) is 13.5. The standard InChI is InChI=1S/C29H38N4O4S/c1-19(21-13-12-20-9-6-7-10-22(20)15-21)26(33(5)25(34)17-37-18-29(2,3)30)28(36)32-24(27(35)31-4)16-23-11-8-14-38-23/h6-15,19,24,26H,16-18,30H2,1-5H3,(H,31,35)(H,32,36). The average molecular weight is 539 g/mol. The molecule has 3 atom stereocenters. The Morgan fingerprint density at radius 3 is 2.39 bits per heavy atom. The summed E-state index contributed by atoms with van der Waals surface area (Å²) in [7, 11) is 3.13. The number of amides is 3. The second kappa shape index (κ2) is 13.0. The first kappa shape index (κ1) is 29.3. The molecule has 0 radical (unpaired) electrons. The Bertz CT molecular complexity index is 1240. The van der Waals surface area contributed by atoms with Crippen molar-refractivity contribution in [3.63, 3.8) is 0 Å². The van der Waals surface area contributed by atoms with Gasteiger partial charge < -0.3 is 26.0 Å². The van der Waals surface area contributed by atoms with Crippen molar-refractivity contribution in [1.82, 2.24) is 15.5 Å². The lowest BCUT2D eigenvalue weighted by Crippen LogP contribution is -2.56. The predicted molar refractivity (Wildman–Crippen MR) is 152 cm³/mol. The zero-order valence-corrected chi connectivity index (χ0v) is 23.5. The molecule has 0 aliphatic rings. The Hall–Kier alpha value is -3.27. The molecule has 3 unspecified atom stereocenters. The van der Waals surface area contributed by atoms with E-state index in [-0.39, 0.29) is 30.9 Å². The van der Waals surface area contributed by atoms with E-state index in [2.05, 4.69) is 10.6 Å². The van der Waals surface area contributed by atoms with E-state index in [1.165, 1.54) is 23.3 Å². The molecule has 0 spiro atoms. The van der Waals surface area contributed by atoms with Crippen LogP contribution in [-0.2, 0) is 25.5 Å². The SMILES string of the molecule is CNC(=O)C(Cc1cccs1)NC(=O)C(C(C)c1ccc2ccccc2c1)N(C)C(=O)COCC(C)(C)N. The Kier molecular flexibility index (Phi) is 10.0. The quantitative estimate of drug-likeness (QED) is 0.328. The van der Waals surface area contributed by atoms with Gasteiger partial charge >= 0.3 is 0 Å². The average Bonchev–Trinajstić information content (AvgIpc) is 3.39. The lowest BCUT2D eigenvalue weighted by molar-refractivity contribution is -0.144. The van der Waals surface area contributed by atoms with E-state index in [9.17, 15) is 14.4 Å². The van der Waals surface area contributed by atoms with E-state index >= 15 is 0 Å². The number of thiophene rings is 1. The number of nitrogens with one attached hydrogen (secondary N) is 2. The van der Waals surface area contributed by atoms with Gasteiger partial charge in [0.1, 0.15) is 18.7 Å². The number of carbonyl (C=O) groups is 3. The van der Waals surface area contributed by atoms with Crippen molar-refractivity contribution in [2.24, 2.45) is 5.73 Å². The van der Waals surface area contributed by atoms with Crippen molar-refractivity contribution in [2.75, 3.05) is 27.3 Å². The van der Waals surface area contributed by atoms with E-state index in [0.717, 1.165) is 21.2 Å². The molecule has 0 fully saturated rings. The highest BCUT2D eigenvalue weighted by Gasteiger charge is 2.35. The van der Waals surface area contributed by atoms with Gasteiger partial charge in [-0.15, -0.1) is 11.3 Å². The predicted octanol–water partition coefficient (Wildman–Crippen LogP) is 3.06. The molecule has 38 heavy (non-hydrogen) atoms. The number of ether oxygens (including phenoxy) is 1. The summed E-state index contributed by atoms with van der Waals surface area (Å²) in [5, 5.41) is 9.60. The highest BCUT2D eigenvalue weighted by molar-refractivity contribution is 7.09. The van der Waals surface area contributed by atoms with Crippen molar-refractivity contribution in [2.45, 2.75) is 50.7 Å². The zero-order chi connectivity index (χ0) is 27.9. The third kappa shape index (κ3) is 7.86. The van der Waals surface area contributed by atoms with Gasteiger partial charge in [0.25, 0.3) is 0 Å². The Labute approximate surface area is 228 Å². The van der Waals surface area contributed by atoms with Gasteiger partial charge in [-0.25, -0.2) is 0 Å². The van der Waals surface area contributed by atoms with E-state index in [4.69, 9.17) is 10.5 Å². The minimum absolute atomic E-state index is 0.198. The molecule has 1 aromatic heterocycles. The third-order valence-corrected chi connectivity index (χ3v) is 7.32. The molecule has 8 nitrogen and oxygen atoms in total. The monoisotopic (exact) mass is 538 g/mol. The molecule has 0 saturated heterocycles. The van der Waals surface area contributed by atoms with Crippen LogP contribution in [0, 0.1) is 0 Å². The Balaban J connectivity index is 1.89. The highest BCUT2D eigenvalue weighted by Crippen LogP contribution is 2.27. The van der Waals surface area contributed by atoms with Gasteiger partial charge in [-0.2, -0.15) is 0 Å². The van der Waals surface area contributed by atoms with Crippen LogP contribution < -0.4 is 16.4 Å². The summed E-state index contributed by atoms with van der Waals surface area (Å²) in [4.78, 5) is 42.0. The summed E-state index contributed by atoms with van der Waals surface area (Å²) >= 11 is 1.52. The first-order valence-electron chi connectivity index (χ1n) is 12.7. The van der Waals surface area contributed by atoms with Crippen molar-refractivity contribution in [3.8, 4) is 0 Å². The summed E-state index contributed by atoms with van der Waals surface area (Å²) < 4.78 is 5.55. The molecule has 0 aliphatic heterocycles. The molecule has 1 heterocycles. The van der Waals surface area contributed by atoms with Crippen LogP contribution in [0.5, 0.6) is 0 Å². The fourth-order valence-corrected chi connectivity index (χ4v) is 5.09. The van der Waals surface area contributed by atoms with Crippen molar-refractivity contribution < 1.29 is 19.1 Å². The number of carbonyl (C=O) groups excluding carboxylic acids is 3. The lowest BCUT2D eigenvalue weighted by Gasteiger charge is -2.33. The molecule has 2 aromatic carbocycles. The molecule has 3 amide bonds. The van der Waals surface area contributed by atoms with Gasteiger partial charge in [-0.1, -0.05) is 55.5 Å². The fraction of sp³-hybridized carbons (Fsp3) is 0.414. The van der Waals surface area contributed by atoms with Crippen LogP contribution in [0.25, 0.3) is 10.8 Å². The minimum atomic E-state index is -0.881. The number of rotatable bonds is 12. The van der Waals surface area contributed by atoms with E-state index in [0.29, 0.717) is 6.42 Å². The molecule has 9 heteroatoms. The number of nitrogens with zero attached hydrogens (tertiary/aromatic N) is 1. The molecule has 204 valence electrons. The van der Waals surface area contributed by atoms with Crippen LogP contribution in [0.1, 0.15) is 37.1 Å². The van der Waals surface area contributed by atoms with E-state index in [1.54, 1.807) is 7.05 Å².